The lowest BCUT2D eigenvalue weighted by Gasteiger charge is -2.24. The number of hydrogen-bond acceptors (Lipinski definition) is 2. The molecule has 1 heterocycles. The minimum Gasteiger partial charge on any atom is -0.342 e. The molecule has 0 radical (unpaired) electrons. The van der Waals surface area contributed by atoms with Crippen molar-refractivity contribution < 1.29 is 4.79 Å². The topological polar surface area (TPSA) is 46.3 Å². The molecule has 1 saturated heterocycles. The van der Waals surface area contributed by atoms with Crippen LogP contribution in [-0.2, 0) is 4.79 Å². The summed E-state index contributed by atoms with van der Waals surface area (Å²) in [6, 6.07) is 8.57. The molecule has 1 saturated carbocycles. The van der Waals surface area contributed by atoms with E-state index in [2.05, 4.69) is 36.1 Å². The number of nitrogens with two attached hydrogens (primary N) is 1. The molecule has 0 bridgehead atoms. The van der Waals surface area contributed by atoms with Crippen LogP contribution in [0.5, 0.6) is 0 Å². The number of carbonyl (C=O) groups is 1. The second-order valence-corrected chi connectivity index (χ2v) is 6.66. The van der Waals surface area contributed by atoms with Crippen molar-refractivity contribution in [1.29, 1.82) is 0 Å². The lowest BCUT2D eigenvalue weighted by atomic mass is 9.93. The van der Waals surface area contributed by atoms with E-state index >= 15 is 0 Å². The van der Waals surface area contributed by atoms with Gasteiger partial charge in [-0.05, 0) is 49.8 Å². The summed E-state index contributed by atoms with van der Waals surface area (Å²) in [5, 5.41) is 0. The van der Waals surface area contributed by atoms with Crippen molar-refractivity contribution in [2.24, 2.45) is 17.6 Å². The third-order valence-electron chi connectivity index (χ3n) is 5.41. The van der Waals surface area contributed by atoms with Gasteiger partial charge in [-0.2, -0.15) is 0 Å². The first-order chi connectivity index (χ1) is 10.2. The van der Waals surface area contributed by atoms with Gasteiger partial charge < -0.3 is 10.6 Å². The van der Waals surface area contributed by atoms with Crippen LogP contribution in [0.15, 0.2) is 24.3 Å². The summed E-state index contributed by atoms with van der Waals surface area (Å²) in [6.07, 6.45) is 4.41. The summed E-state index contributed by atoms with van der Waals surface area (Å²) >= 11 is 0. The average molecular weight is 286 g/mol. The first-order valence-electron chi connectivity index (χ1n) is 8.25. The average Bonchev–Trinajstić information content (AvgIpc) is 3.16. The molecule has 1 aliphatic heterocycles. The molecule has 0 aromatic heterocycles. The van der Waals surface area contributed by atoms with Crippen molar-refractivity contribution in [2.75, 3.05) is 19.6 Å². The van der Waals surface area contributed by atoms with E-state index in [0.29, 0.717) is 24.3 Å². The minimum absolute atomic E-state index is 0.186. The van der Waals surface area contributed by atoms with Crippen LogP contribution in [0.4, 0.5) is 0 Å². The molecule has 1 aliphatic carbocycles. The molecule has 2 aliphatic rings. The van der Waals surface area contributed by atoms with Crippen LogP contribution in [0, 0.1) is 18.8 Å². The fraction of sp³-hybridized carbons (Fsp3) is 0.611. The number of amides is 1. The number of hydrogen-bond donors (Lipinski definition) is 1. The van der Waals surface area contributed by atoms with Gasteiger partial charge in [0, 0.05) is 24.9 Å². The highest BCUT2D eigenvalue weighted by Crippen LogP contribution is 2.35. The van der Waals surface area contributed by atoms with Crippen LogP contribution < -0.4 is 5.73 Å². The second-order valence-electron chi connectivity index (χ2n) is 6.66. The third-order valence-corrected chi connectivity index (χ3v) is 5.41. The molecule has 1 unspecified atom stereocenters. The van der Waals surface area contributed by atoms with Crippen LogP contribution >= 0.6 is 0 Å². The predicted octanol–water partition coefficient (Wildman–Crippen LogP) is 2.69. The Hall–Kier alpha value is -1.35. The first kappa shape index (κ1) is 14.6. The molecule has 21 heavy (non-hydrogen) atoms. The molecule has 1 aromatic carbocycles. The van der Waals surface area contributed by atoms with E-state index in [4.69, 9.17) is 5.73 Å². The van der Waals surface area contributed by atoms with E-state index in [1.807, 2.05) is 0 Å². The van der Waals surface area contributed by atoms with Crippen LogP contribution in [0.3, 0.4) is 0 Å². The maximum atomic E-state index is 12.7. The fourth-order valence-electron chi connectivity index (χ4n) is 4.14. The Morgan fingerprint density at radius 2 is 2.10 bits per heavy atom. The van der Waals surface area contributed by atoms with Crippen molar-refractivity contribution in [3.63, 3.8) is 0 Å². The molecule has 1 aromatic rings. The Morgan fingerprint density at radius 1 is 1.29 bits per heavy atom. The van der Waals surface area contributed by atoms with Gasteiger partial charge in [0.25, 0.3) is 0 Å². The first-order valence-corrected chi connectivity index (χ1v) is 8.25. The standard InChI is InChI=1S/C18H26N2O/c1-13-5-2-3-7-16(13)15-9-10-20(12-15)18(21)17-8-4-6-14(17)11-19/h2-3,5,7,14-15,17H,4,6,8-12,19H2,1H3/t14-,15?,17-/m1/s1. The minimum atomic E-state index is 0.186. The summed E-state index contributed by atoms with van der Waals surface area (Å²) in [6.45, 7) is 4.62. The fourth-order valence-corrected chi connectivity index (χ4v) is 4.14. The molecule has 2 fully saturated rings. The smallest absolute Gasteiger partial charge is 0.226 e. The number of benzene rings is 1. The van der Waals surface area contributed by atoms with E-state index < -0.39 is 0 Å². The molecule has 3 nitrogen and oxygen atoms in total. The highest BCUT2D eigenvalue weighted by molar-refractivity contribution is 5.80. The monoisotopic (exact) mass is 286 g/mol. The Balaban J connectivity index is 1.67. The number of nitrogens with zero attached hydrogens (tertiary/aromatic N) is 1. The molecule has 0 spiro atoms. The normalized spacial score (nSPS) is 29.0. The number of rotatable bonds is 3. The number of likely N-dealkylation sites (tertiary alicyclic amines) is 1. The molecule has 1 amide bonds. The zero-order valence-electron chi connectivity index (χ0n) is 12.9. The Bertz CT molecular complexity index is 514. The van der Waals surface area contributed by atoms with E-state index in [1.165, 1.54) is 11.1 Å². The van der Waals surface area contributed by atoms with Gasteiger partial charge in [0.1, 0.15) is 0 Å². The van der Waals surface area contributed by atoms with Crippen LogP contribution in [0.25, 0.3) is 0 Å². The van der Waals surface area contributed by atoms with Gasteiger partial charge in [0.2, 0.25) is 5.91 Å². The van der Waals surface area contributed by atoms with E-state index in [1.54, 1.807) is 0 Å². The van der Waals surface area contributed by atoms with E-state index in [-0.39, 0.29) is 5.92 Å². The number of carbonyl (C=O) groups excluding carboxylic acids is 1. The van der Waals surface area contributed by atoms with Crippen LogP contribution in [0.2, 0.25) is 0 Å². The summed E-state index contributed by atoms with van der Waals surface area (Å²) in [7, 11) is 0. The van der Waals surface area contributed by atoms with Crippen LogP contribution in [0.1, 0.15) is 42.7 Å². The van der Waals surface area contributed by atoms with E-state index in [9.17, 15) is 4.79 Å². The van der Waals surface area contributed by atoms with Crippen molar-refractivity contribution in [3.8, 4) is 0 Å². The van der Waals surface area contributed by atoms with Crippen molar-refractivity contribution in [2.45, 2.75) is 38.5 Å². The van der Waals surface area contributed by atoms with Crippen molar-refractivity contribution >= 4 is 5.91 Å². The zero-order valence-corrected chi connectivity index (χ0v) is 12.9. The zero-order chi connectivity index (χ0) is 14.8. The molecule has 3 rings (SSSR count). The SMILES string of the molecule is Cc1ccccc1C1CCN(C(=O)[C@@H]2CCC[C@@H]2CN)C1. The van der Waals surface area contributed by atoms with Gasteiger partial charge in [-0.15, -0.1) is 0 Å². The Kier molecular flexibility index (Phi) is 4.29. The summed E-state index contributed by atoms with van der Waals surface area (Å²) < 4.78 is 0. The van der Waals surface area contributed by atoms with Gasteiger partial charge in [-0.25, -0.2) is 0 Å². The molecular formula is C18H26N2O. The molecule has 114 valence electrons. The quantitative estimate of drug-likeness (QED) is 0.928. The lowest BCUT2D eigenvalue weighted by molar-refractivity contribution is -0.135. The van der Waals surface area contributed by atoms with E-state index in [0.717, 1.165) is 38.8 Å². The largest absolute Gasteiger partial charge is 0.342 e. The predicted molar refractivity (Wildman–Crippen MR) is 85.0 cm³/mol. The van der Waals surface area contributed by atoms with Gasteiger partial charge >= 0.3 is 0 Å². The maximum absolute atomic E-state index is 12.7. The summed E-state index contributed by atoms with van der Waals surface area (Å²) in [5.74, 6) is 1.47. The summed E-state index contributed by atoms with van der Waals surface area (Å²) in [5.41, 5.74) is 8.58. The van der Waals surface area contributed by atoms with Crippen LogP contribution in [-0.4, -0.2) is 30.4 Å². The maximum Gasteiger partial charge on any atom is 0.226 e. The van der Waals surface area contributed by atoms with Gasteiger partial charge in [0.15, 0.2) is 0 Å². The van der Waals surface area contributed by atoms with Crippen molar-refractivity contribution in [1.82, 2.24) is 4.90 Å². The molecule has 2 N–H and O–H groups in total. The van der Waals surface area contributed by atoms with Crippen molar-refractivity contribution in [3.05, 3.63) is 35.4 Å². The Labute approximate surface area is 127 Å². The van der Waals surface area contributed by atoms with Gasteiger partial charge in [-0.3, -0.25) is 4.79 Å². The highest BCUT2D eigenvalue weighted by Gasteiger charge is 2.37. The van der Waals surface area contributed by atoms with Gasteiger partial charge in [-0.1, -0.05) is 30.7 Å². The highest BCUT2D eigenvalue weighted by atomic mass is 16.2. The molecule has 3 heteroatoms. The van der Waals surface area contributed by atoms with Gasteiger partial charge in [0.05, 0.1) is 0 Å². The third kappa shape index (κ3) is 2.84. The molecular weight excluding hydrogens is 260 g/mol. The Morgan fingerprint density at radius 3 is 2.86 bits per heavy atom. The number of aryl methyl sites for hydroxylation is 1. The lowest BCUT2D eigenvalue weighted by Crippen LogP contribution is -2.37. The second kappa shape index (κ2) is 6.18. The summed E-state index contributed by atoms with van der Waals surface area (Å²) in [4.78, 5) is 14.8. The molecule has 3 atom stereocenters.